The van der Waals surface area contributed by atoms with Crippen LogP contribution in [0.2, 0.25) is 0 Å². The summed E-state index contributed by atoms with van der Waals surface area (Å²) in [7, 11) is -2.43. The summed E-state index contributed by atoms with van der Waals surface area (Å²) in [5.41, 5.74) is 4.98. The van der Waals surface area contributed by atoms with Gasteiger partial charge in [-0.25, -0.2) is 8.42 Å². The van der Waals surface area contributed by atoms with E-state index in [2.05, 4.69) is 30.0 Å². The number of fused-ring (bicyclic) bond motifs is 1. The Morgan fingerprint density at radius 1 is 1.11 bits per heavy atom. The van der Waals surface area contributed by atoms with Crippen LogP contribution >= 0.6 is 12.2 Å². The Morgan fingerprint density at radius 2 is 1.79 bits per heavy atom. The molecule has 2 aromatic rings. The first kappa shape index (κ1) is 22.1. The fourth-order valence-corrected chi connectivity index (χ4v) is 3.80. The van der Waals surface area contributed by atoms with Crippen LogP contribution in [-0.2, 0) is 14.8 Å². The zero-order chi connectivity index (χ0) is 20.7. The van der Waals surface area contributed by atoms with Crippen molar-refractivity contribution in [3.63, 3.8) is 0 Å². The Labute approximate surface area is 171 Å². The lowest BCUT2D eigenvalue weighted by Gasteiger charge is -2.18. The lowest BCUT2D eigenvalue weighted by molar-refractivity contribution is -0.121. The van der Waals surface area contributed by atoms with Crippen LogP contribution in [0.4, 0.5) is 0 Å². The number of thiocarbonyl (C=S) groups is 1. The normalized spacial score (nSPS) is 11.6. The minimum absolute atomic E-state index is 0.139. The van der Waals surface area contributed by atoms with Crippen LogP contribution in [0.1, 0.15) is 20.3 Å². The van der Waals surface area contributed by atoms with Crippen molar-refractivity contribution in [1.82, 2.24) is 20.5 Å². The van der Waals surface area contributed by atoms with Crippen molar-refractivity contribution in [3.05, 3.63) is 42.5 Å². The third kappa shape index (κ3) is 6.15. The fraction of sp³-hybridized carbons (Fsp3) is 0.368. The van der Waals surface area contributed by atoms with Crippen LogP contribution in [-0.4, -0.2) is 43.9 Å². The number of carbonyl (C=O) groups is 1. The van der Waals surface area contributed by atoms with E-state index in [0.717, 1.165) is 21.5 Å². The van der Waals surface area contributed by atoms with Gasteiger partial charge in [-0.1, -0.05) is 44.2 Å². The highest BCUT2D eigenvalue weighted by Crippen LogP contribution is 2.21. The molecule has 2 rings (SSSR count). The molecule has 9 heteroatoms. The first-order valence-corrected chi connectivity index (χ1v) is 10.8. The van der Waals surface area contributed by atoms with E-state index in [0.29, 0.717) is 12.5 Å². The molecule has 0 aromatic heterocycles. The average molecular weight is 423 g/mol. The van der Waals surface area contributed by atoms with Crippen LogP contribution in [0, 0.1) is 5.92 Å². The van der Waals surface area contributed by atoms with Gasteiger partial charge < -0.3 is 5.32 Å². The van der Waals surface area contributed by atoms with Gasteiger partial charge >= 0.3 is 0 Å². The maximum absolute atomic E-state index is 12.7. The van der Waals surface area contributed by atoms with Gasteiger partial charge in [-0.05, 0) is 47.5 Å². The largest absolute Gasteiger partial charge is 0.361 e. The van der Waals surface area contributed by atoms with Gasteiger partial charge in [-0.15, -0.1) is 0 Å². The van der Waals surface area contributed by atoms with Crippen LogP contribution in [0.3, 0.4) is 0 Å². The zero-order valence-corrected chi connectivity index (χ0v) is 17.9. The Balaban J connectivity index is 1.92. The number of carbonyl (C=O) groups excluding carboxylic acids is 1. The molecule has 0 aliphatic carbocycles. The molecule has 3 N–H and O–H groups in total. The number of hydrogen-bond donors (Lipinski definition) is 3. The van der Waals surface area contributed by atoms with Crippen molar-refractivity contribution < 1.29 is 13.2 Å². The number of hydrogen-bond acceptors (Lipinski definition) is 4. The van der Waals surface area contributed by atoms with Crippen LogP contribution in [0.15, 0.2) is 47.4 Å². The topological polar surface area (TPSA) is 90.5 Å². The van der Waals surface area contributed by atoms with Crippen molar-refractivity contribution in [3.8, 4) is 0 Å². The number of hydrazine groups is 1. The number of nitrogens with one attached hydrogen (secondary N) is 3. The molecule has 0 radical (unpaired) electrons. The maximum atomic E-state index is 12.7. The van der Waals surface area contributed by atoms with E-state index in [4.69, 9.17) is 12.2 Å². The molecule has 0 spiro atoms. The van der Waals surface area contributed by atoms with Gasteiger partial charge in [0.05, 0.1) is 11.4 Å². The highest BCUT2D eigenvalue weighted by atomic mass is 32.2. The smallest absolute Gasteiger partial charge is 0.253 e. The molecule has 0 fully saturated rings. The molecule has 0 atom stereocenters. The second-order valence-corrected chi connectivity index (χ2v) is 9.33. The van der Waals surface area contributed by atoms with Gasteiger partial charge in [0.1, 0.15) is 0 Å². The summed E-state index contributed by atoms with van der Waals surface area (Å²) in [6.45, 7) is 4.56. The third-order valence-electron chi connectivity index (χ3n) is 4.12. The van der Waals surface area contributed by atoms with Crippen LogP contribution < -0.4 is 16.2 Å². The minimum atomic E-state index is -3.79. The summed E-state index contributed by atoms with van der Waals surface area (Å²) in [5, 5.41) is 5.02. The highest BCUT2D eigenvalue weighted by Gasteiger charge is 2.23. The molecule has 0 bridgehead atoms. The molecule has 0 aliphatic heterocycles. The summed E-state index contributed by atoms with van der Waals surface area (Å²) in [6, 6.07) is 12.4. The van der Waals surface area contributed by atoms with Crippen molar-refractivity contribution in [2.24, 2.45) is 5.92 Å². The highest BCUT2D eigenvalue weighted by molar-refractivity contribution is 7.89. The van der Waals surface area contributed by atoms with E-state index in [-0.39, 0.29) is 16.6 Å². The molecule has 28 heavy (non-hydrogen) atoms. The number of sulfonamides is 1. The van der Waals surface area contributed by atoms with Gasteiger partial charge in [0, 0.05) is 13.6 Å². The van der Waals surface area contributed by atoms with Gasteiger partial charge in [0.2, 0.25) is 10.0 Å². The summed E-state index contributed by atoms with van der Waals surface area (Å²) in [4.78, 5) is 12.2. The van der Waals surface area contributed by atoms with Crippen molar-refractivity contribution in [2.45, 2.75) is 25.2 Å². The van der Waals surface area contributed by atoms with Crippen molar-refractivity contribution in [2.75, 3.05) is 20.1 Å². The Kier molecular flexibility index (Phi) is 7.73. The summed E-state index contributed by atoms with van der Waals surface area (Å²) in [5.74, 6) is 0.0266. The van der Waals surface area contributed by atoms with Gasteiger partial charge in [-0.2, -0.15) is 4.31 Å². The van der Waals surface area contributed by atoms with Crippen molar-refractivity contribution >= 4 is 44.0 Å². The minimum Gasteiger partial charge on any atom is -0.361 e. The van der Waals surface area contributed by atoms with Gasteiger partial charge in [0.15, 0.2) is 5.11 Å². The lowest BCUT2D eigenvalue weighted by atomic mass is 10.1. The van der Waals surface area contributed by atoms with E-state index in [1.54, 1.807) is 12.1 Å². The third-order valence-corrected chi connectivity index (χ3v) is 6.16. The Hall–Kier alpha value is -2.23. The van der Waals surface area contributed by atoms with E-state index in [1.165, 1.54) is 13.1 Å². The number of rotatable bonds is 7. The quantitative estimate of drug-likeness (QED) is 0.467. The predicted molar refractivity (Wildman–Crippen MR) is 115 cm³/mol. The molecule has 2 aromatic carbocycles. The predicted octanol–water partition coefficient (Wildman–Crippen LogP) is 2.00. The Bertz CT molecular complexity index is 945. The molecular formula is C19H26N4O3S2. The van der Waals surface area contributed by atoms with Gasteiger partial charge in [-0.3, -0.25) is 15.6 Å². The first-order valence-electron chi connectivity index (χ1n) is 8.98. The molecule has 0 saturated heterocycles. The molecule has 1 amide bonds. The van der Waals surface area contributed by atoms with E-state index in [9.17, 15) is 13.2 Å². The number of benzene rings is 2. The Morgan fingerprint density at radius 3 is 2.46 bits per heavy atom. The van der Waals surface area contributed by atoms with E-state index in [1.807, 2.05) is 24.3 Å². The number of likely N-dealkylation sites (N-methyl/N-ethyl adjacent to an activating group) is 1. The second kappa shape index (κ2) is 9.81. The zero-order valence-electron chi connectivity index (χ0n) is 16.2. The monoisotopic (exact) mass is 422 g/mol. The van der Waals surface area contributed by atoms with Crippen LogP contribution in [0.25, 0.3) is 10.8 Å². The molecule has 0 unspecified atom stereocenters. The standard InChI is InChI=1S/C19H26N4O3S2/c1-14(2)10-11-20-19(27)22-21-18(24)13-23(3)28(25,26)17-9-8-15-6-4-5-7-16(15)12-17/h4-9,12,14H,10-11,13H2,1-3H3,(H,21,24)(H2,20,22,27). The second-order valence-electron chi connectivity index (χ2n) is 6.88. The number of nitrogens with zero attached hydrogens (tertiary/aromatic N) is 1. The molecule has 0 aliphatic rings. The summed E-state index contributed by atoms with van der Waals surface area (Å²) in [6.07, 6.45) is 0.947. The number of amides is 1. The van der Waals surface area contributed by atoms with E-state index >= 15 is 0 Å². The summed E-state index contributed by atoms with van der Waals surface area (Å²) < 4.78 is 26.5. The maximum Gasteiger partial charge on any atom is 0.253 e. The van der Waals surface area contributed by atoms with Gasteiger partial charge in [0.25, 0.3) is 5.91 Å². The molecule has 152 valence electrons. The first-order chi connectivity index (χ1) is 13.2. The molecular weight excluding hydrogens is 396 g/mol. The van der Waals surface area contributed by atoms with E-state index < -0.39 is 15.9 Å². The average Bonchev–Trinajstić information content (AvgIpc) is 2.65. The fourth-order valence-electron chi connectivity index (χ4n) is 2.48. The molecule has 7 nitrogen and oxygen atoms in total. The summed E-state index contributed by atoms with van der Waals surface area (Å²) >= 11 is 5.06. The molecule has 0 saturated carbocycles. The van der Waals surface area contributed by atoms with Crippen molar-refractivity contribution in [1.29, 1.82) is 0 Å². The SMILES string of the molecule is CC(C)CCNC(=S)NNC(=O)CN(C)S(=O)(=O)c1ccc2ccccc2c1. The lowest BCUT2D eigenvalue weighted by Crippen LogP contribution is -2.50. The van der Waals surface area contributed by atoms with Crippen LogP contribution in [0.5, 0.6) is 0 Å². The molecule has 0 heterocycles.